The molecule has 0 radical (unpaired) electrons. The smallest absolute Gasteiger partial charge is 0.251 e. The molecule has 0 unspecified atom stereocenters. The monoisotopic (exact) mass is 443 g/mol. The molecule has 2 aromatic rings. The second-order valence-corrected chi connectivity index (χ2v) is 7.57. The van der Waals surface area contributed by atoms with Crippen LogP contribution in [0, 0.1) is 0 Å². The number of amides is 3. The lowest BCUT2D eigenvalue weighted by Crippen LogP contribution is -2.37. The Hall–Kier alpha value is -2.67. The van der Waals surface area contributed by atoms with E-state index in [4.69, 9.17) is 0 Å². The van der Waals surface area contributed by atoms with Crippen molar-refractivity contribution in [1.29, 1.82) is 0 Å². The van der Waals surface area contributed by atoms with E-state index in [0.29, 0.717) is 25.1 Å². The van der Waals surface area contributed by atoms with Crippen molar-refractivity contribution in [3.63, 3.8) is 0 Å². The zero-order valence-corrected chi connectivity index (χ0v) is 17.2. The number of rotatable bonds is 6. The van der Waals surface area contributed by atoms with Crippen molar-refractivity contribution in [1.82, 2.24) is 10.2 Å². The van der Waals surface area contributed by atoms with Crippen LogP contribution in [-0.4, -0.2) is 42.8 Å². The van der Waals surface area contributed by atoms with Gasteiger partial charge in [-0.2, -0.15) is 0 Å². The minimum absolute atomic E-state index is 0.0772. The highest BCUT2D eigenvalue weighted by Crippen LogP contribution is 2.21. The second kappa shape index (κ2) is 9.01. The second-order valence-electron chi connectivity index (χ2n) is 6.72. The first-order valence-corrected chi connectivity index (χ1v) is 9.91. The van der Waals surface area contributed by atoms with Crippen LogP contribution in [0.15, 0.2) is 53.0 Å². The Balaban J connectivity index is 1.52. The van der Waals surface area contributed by atoms with Crippen molar-refractivity contribution in [3.05, 3.63) is 64.1 Å². The third-order valence-electron chi connectivity index (χ3n) is 4.71. The summed E-state index contributed by atoms with van der Waals surface area (Å²) in [6.07, 6.45) is 1.42. The number of hydrogen-bond donors (Lipinski definition) is 1. The maximum Gasteiger partial charge on any atom is 0.251 e. The molecule has 0 atom stereocenters. The molecular formula is C21H22BrN3O3. The van der Waals surface area contributed by atoms with Gasteiger partial charge in [0.15, 0.2) is 0 Å². The molecular weight excluding hydrogens is 422 g/mol. The number of carbonyl (C=O) groups excluding carboxylic acids is 3. The summed E-state index contributed by atoms with van der Waals surface area (Å²) in [5, 5.41) is 2.66. The molecule has 0 aliphatic carbocycles. The van der Waals surface area contributed by atoms with Gasteiger partial charge in [-0.05, 0) is 42.3 Å². The number of nitrogens with one attached hydrogen (secondary N) is 1. The van der Waals surface area contributed by atoms with E-state index in [-0.39, 0.29) is 24.3 Å². The quantitative estimate of drug-likeness (QED) is 0.745. The molecule has 1 aliphatic heterocycles. The Labute approximate surface area is 172 Å². The molecule has 7 heteroatoms. The Morgan fingerprint density at radius 3 is 2.50 bits per heavy atom. The average molecular weight is 444 g/mol. The van der Waals surface area contributed by atoms with Gasteiger partial charge >= 0.3 is 0 Å². The fourth-order valence-electron chi connectivity index (χ4n) is 3.08. The topological polar surface area (TPSA) is 69.7 Å². The SMILES string of the molecule is CN(Cc1ccccc1Br)C(=O)CNC(=O)c1ccc(N2CCCC2=O)cc1. The molecule has 1 fully saturated rings. The van der Waals surface area contributed by atoms with E-state index in [2.05, 4.69) is 21.2 Å². The molecule has 1 aliphatic rings. The van der Waals surface area contributed by atoms with Gasteiger partial charge < -0.3 is 15.1 Å². The lowest BCUT2D eigenvalue weighted by molar-refractivity contribution is -0.129. The molecule has 1 heterocycles. The number of anilines is 1. The van der Waals surface area contributed by atoms with Crippen LogP contribution in [0.25, 0.3) is 0 Å². The van der Waals surface area contributed by atoms with Crippen LogP contribution >= 0.6 is 15.9 Å². The van der Waals surface area contributed by atoms with Gasteiger partial charge in [0.2, 0.25) is 11.8 Å². The molecule has 28 heavy (non-hydrogen) atoms. The molecule has 0 aromatic heterocycles. The van der Waals surface area contributed by atoms with E-state index in [1.807, 2.05) is 24.3 Å². The van der Waals surface area contributed by atoms with E-state index >= 15 is 0 Å². The average Bonchev–Trinajstić information content (AvgIpc) is 3.13. The molecule has 0 saturated carbocycles. The summed E-state index contributed by atoms with van der Waals surface area (Å²) in [6, 6.07) is 14.6. The van der Waals surface area contributed by atoms with E-state index in [9.17, 15) is 14.4 Å². The number of hydrogen-bond acceptors (Lipinski definition) is 3. The van der Waals surface area contributed by atoms with Crippen molar-refractivity contribution in [2.75, 3.05) is 25.0 Å². The summed E-state index contributed by atoms with van der Waals surface area (Å²) in [5.74, 6) is -0.388. The maximum absolute atomic E-state index is 12.3. The number of halogens is 1. The van der Waals surface area contributed by atoms with Crippen molar-refractivity contribution < 1.29 is 14.4 Å². The van der Waals surface area contributed by atoms with Crippen molar-refractivity contribution in [3.8, 4) is 0 Å². The van der Waals surface area contributed by atoms with E-state index in [1.165, 1.54) is 0 Å². The number of nitrogens with zero attached hydrogens (tertiary/aromatic N) is 2. The highest BCUT2D eigenvalue weighted by molar-refractivity contribution is 9.10. The Kier molecular flexibility index (Phi) is 6.46. The van der Waals surface area contributed by atoms with Gasteiger partial charge in [-0.1, -0.05) is 34.1 Å². The standard InChI is InChI=1S/C21H22BrN3O3/c1-24(14-16-5-2-3-6-18(16)22)20(27)13-23-21(28)15-8-10-17(11-9-15)25-12-4-7-19(25)26/h2-3,5-6,8-11H,4,7,12-14H2,1H3,(H,23,28). The van der Waals surface area contributed by atoms with Gasteiger partial charge in [-0.3, -0.25) is 14.4 Å². The summed E-state index contributed by atoms with van der Waals surface area (Å²) in [7, 11) is 1.70. The summed E-state index contributed by atoms with van der Waals surface area (Å²) in [6.45, 7) is 1.09. The van der Waals surface area contributed by atoms with Crippen molar-refractivity contribution in [2.24, 2.45) is 0 Å². The first-order valence-electron chi connectivity index (χ1n) is 9.11. The molecule has 3 amide bonds. The van der Waals surface area contributed by atoms with Gasteiger partial charge in [0.05, 0.1) is 6.54 Å². The molecule has 6 nitrogen and oxygen atoms in total. The number of likely N-dealkylation sites (N-methyl/N-ethyl adjacent to an activating group) is 1. The van der Waals surface area contributed by atoms with Crippen molar-refractivity contribution in [2.45, 2.75) is 19.4 Å². The Bertz CT molecular complexity index is 883. The van der Waals surface area contributed by atoms with Crippen LogP contribution in [0.1, 0.15) is 28.8 Å². The highest BCUT2D eigenvalue weighted by atomic mass is 79.9. The third kappa shape index (κ3) is 4.78. The first-order chi connectivity index (χ1) is 13.5. The Morgan fingerprint density at radius 2 is 1.86 bits per heavy atom. The van der Waals surface area contributed by atoms with Crippen LogP contribution < -0.4 is 10.2 Å². The van der Waals surface area contributed by atoms with Crippen LogP contribution in [0.2, 0.25) is 0 Å². The van der Waals surface area contributed by atoms with Crippen molar-refractivity contribution >= 4 is 39.3 Å². The van der Waals surface area contributed by atoms with E-state index < -0.39 is 0 Å². The largest absolute Gasteiger partial charge is 0.343 e. The molecule has 146 valence electrons. The fourth-order valence-corrected chi connectivity index (χ4v) is 3.49. The summed E-state index contributed by atoms with van der Waals surface area (Å²) < 4.78 is 0.940. The fraction of sp³-hybridized carbons (Fsp3) is 0.286. The third-order valence-corrected chi connectivity index (χ3v) is 5.48. The van der Waals surface area contributed by atoms with Crippen LogP contribution in [-0.2, 0) is 16.1 Å². The maximum atomic E-state index is 12.3. The normalized spacial score (nSPS) is 13.5. The van der Waals surface area contributed by atoms with E-state index in [1.54, 1.807) is 41.1 Å². The summed E-state index contributed by atoms with van der Waals surface area (Å²) >= 11 is 3.47. The minimum atomic E-state index is -0.318. The lowest BCUT2D eigenvalue weighted by atomic mass is 10.2. The lowest BCUT2D eigenvalue weighted by Gasteiger charge is -2.18. The molecule has 0 bridgehead atoms. The van der Waals surface area contributed by atoms with Gasteiger partial charge in [0.1, 0.15) is 0 Å². The predicted octanol–water partition coefficient (Wildman–Crippen LogP) is 2.96. The summed E-state index contributed by atoms with van der Waals surface area (Å²) in [4.78, 5) is 39.7. The number of benzene rings is 2. The van der Waals surface area contributed by atoms with Gasteiger partial charge in [0.25, 0.3) is 5.91 Å². The van der Waals surface area contributed by atoms with Gasteiger partial charge in [-0.15, -0.1) is 0 Å². The number of carbonyl (C=O) groups is 3. The zero-order valence-electron chi connectivity index (χ0n) is 15.7. The van der Waals surface area contributed by atoms with Gasteiger partial charge in [0, 0.05) is 42.3 Å². The minimum Gasteiger partial charge on any atom is -0.343 e. The molecule has 1 N–H and O–H groups in total. The van der Waals surface area contributed by atoms with Crippen LogP contribution in [0.5, 0.6) is 0 Å². The molecule has 1 saturated heterocycles. The van der Waals surface area contributed by atoms with Crippen LogP contribution in [0.3, 0.4) is 0 Å². The first kappa shape index (κ1) is 20.1. The zero-order chi connectivity index (χ0) is 20.1. The summed E-state index contributed by atoms with van der Waals surface area (Å²) in [5.41, 5.74) is 2.25. The van der Waals surface area contributed by atoms with Gasteiger partial charge in [-0.25, -0.2) is 0 Å². The molecule has 0 spiro atoms. The Morgan fingerprint density at radius 1 is 1.14 bits per heavy atom. The van der Waals surface area contributed by atoms with Crippen LogP contribution in [0.4, 0.5) is 5.69 Å². The molecule has 3 rings (SSSR count). The highest BCUT2D eigenvalue weighted by Gasteiger charge is 2.21. The predicted molar refractivity (Wildman–Crippen MR) is 111 cm³/mol. The molecule has 2 aromatic carbocycles. The van der Waals surface area contributed by atoms with E-state index in [0.717, 1.165) is 22.1 Å².